The molecule has 2 atom stereocenters. The smallest absolute Gasteiger partial charge is 0.410 e. The summed E-state index contributed by atoms with van der Waals surface area (Å²) in [6, 6.07) is 12.8. The van der Waals surface area contributed by atoms with Gasteiger partial charge in [0.2, 0.25) is 0 Å². The van der Waals surface area contributed by atoms with E-state index in [4.69, 9.17) is 4.74 Å². The minimum absolute atomic E-state index is 0.169. The first-order valence-electron chi connectivity index (χ1n) is 8.05. The van der Waals surface area contributed by atoms with E-state index in [1.165, 1.54) is 6.07 Å². The van der Waals surface area contributed by atoms with Gasteiger partial charge in [0.15, 0.2) is 0 Å². The summed E-state index contributed by atoms with van der Waals surface area (Å²) in [7, 11) is 0. The molecule has 1 aliphatic carbocycles. The predicted octanol–water partition coefficient (Wildman–Crippen LogP) is 4.22. The van der Waals surface area contributed by atoms with Gasteiger partial charge in [-0.05, 0) is 42.5 Å². The number of piperidine rings is 1. The fraction of sp³-hybridized carbons (Fsp3) is 0.316. The van der Waals surface area contributed by atoms with Crippen molar-refractivity contribution in [3.63, 3.8) is 0 Å². The third-order valence-corrected chi connectivity index (χ3v) is 5.08. The molecule has 4 rings (SSSR count). The number of ether oxygens (including phenoxy) is 1. The van der Waals surface area contributed by atoms with Crippen LogP contribution in [0, 0.1) is 17.6 Å². The fourth-order valence-corrected chi connectivity index (χ4v) is 3.83. The molecule has 1 amide bonds. The summed E-state index contributed by atoms with van der Waals surface area (Å²) in [6.07, 6.45) is 0.979. The van der Waals surface area contributed by atoms with Crippen molar-refractivity contribution in [2.24, 2.45) is 5.92 Å². The average Bonchev–Trinajstić information content (AvgIpc) is 3.21. The van der Waals surface area contributed by atoms with Gasteiger partial charge < -0.3 is 4.74 Å². The number of nitrogens with zero attached hydrogens (tertiary/aromatic N) is 1. The van der Waals surface area contributed by atoms with E-state index >= 15 is 0 Å². The van der Waals surface area contributed by atoms with E-state index < -0.39 is 23.3 Å². The Hall–Kier alpha value is -2.43. The van der Waals surface area contributed by atoms with Crippen molar-refractivity contribution < 1.29 is 18.3 Å². The maximum Gasteiger partial charge on any atom is 0.410 e. The molecule has 124 valence electrons. The summed E-state index contributed by atoms with van der Waals surface area (Å²) < 4.78 is 33.2. The monoisotopic (exact) mass is 329 g/mol. The summed E-state index contributed by atoms with van der Waals surface area (Å²) in [5.41, 5.74) is 0.421. The Morgan fingerprint density at radius 3 is 2.75 bits per heavy atom. The van der Waals surface area contributed by atoms with E-state index in [1.807, 2.05) is 30.3 Å². The van der Waals surface area contributed by atoms with E-state index in [-0.39, 0.29) is 18.1 Å². The number of hydrogen-bond donors (Lipinski definition) is 0. The molecule has 2 fully saturated rings. The first kappa shape index (κ1) is 15.1. The zero-order chi connectivity index (χ0) is 16.7. The van der Waals surface area contributed by atoms with E-state index in [0.717, 1.165) is 24.1 Å². The summed E-state index contributed by atoms with van der Waals surface area (Å²) in [6.45, 7) is 0.677. The van der Waals surface area contributed by atoms with Crippen molar-refractivity contribution in [3.05, 3.63) is 71.3 Å². The Bertz CT molecular complexity index is 780. The number of carbonyl (C=O) groups excluding carboxylic acids is 1. The minimum atomic E-state index is -0.736. The molecule has 2 aromatic carbocycles. The van der Waals surface area contributed by atoms with Gasteiger partial charge in [-0.1, -0.05) is 30.3 Å². The van der Waals surface area contributed by atoms with Crippen LogP contribution in [0.15, 0.2) is 48.5 Å². The first-order valence-corrected chi connectivity index (χ1v) is 8.05. The normalized spacial score (nSPS) is 24.6. The van der Waals surface area contributed by atoms with Crippen LogP contribution in [0.1, 0.15) is 24.0 Å². The molecule has 1 heterocycles. The molecule has 2 aliphatic rings. The highest BCUT2D eigenvalue weighted by Crippen LogP contribution is 2.63. The molecule has 2 aromatic rings. The molecule has 0 bridgehead atoms. The van der Waals surface area contributed by atoms with Crippen LogP contribution in [0.4, 0.5) is 13.6 Å². The van der Waals surface area contributed by atoms with Crippen LogP contribution in [0.2, 0.25) is 0 Å². The van der Waals surface area contributed by atoms with Crippen molar-refractivity contribution in [3.8, 4) is 0 Å². The Morgan fingerprint density at radius 2 is 2.00 bits per heavy atom. The van der Waals surface area contributed by atoms with Gasteiger partial charge in [0, 0.05) is 12.1 Å². The molecule has 0 aromatic heterocycles. The van der Waals surface area contributed by atoms with Gasteiger partial charge in [0.05, 0.1) is 5.54 Å². The van der Waals surface area contributed by atoms with Crippen LogP contribution in [0.25, 0.3) is 0 Å². The molecule has 24 heavy (non-hydrogen) atoms. The highest BCUT2D eigenvalue weighted by molar-refractivity contribution is 5.71. The largest absolute Gasteiger partial charge is 0.445 e. The zero-order valence-electron chi connectivity index (χ0n) is 13.0. The molecule has 3 nitrogen and oxygen atoms in total. The second kappa shape index (κ2) is 5.58. The van der Waals surface area contributed by atoms with Crippen molar-refractivity contribution in [1.29, 1.82) is 0 Å². The lowest BCUT2D eigenvalue weighted by Crippen LogP contribution is -2.39. The molecule has 1 unspecified atom stereocenters. The number of likely N-dealkylation sites (tertiary alicyclic amines) is 1. The van der Waals surface area contributed by atoms with Crippen LogP contribution < -0.4 is 0 Å². The van der Waals surface area contributed by atoms with Gasteiger partial charge in [-0.15, -0.1) is 0 Å². The second-order valence-electron chi connectivity index (χ2n) is 6.43. The zero-order valence-corrected chi connectivity index (χ0v) is 13.0. The van der Waals surface area contributed by atoms with Gasteiger partial charge in [-0.3, -0.25) is 4.90 Å². The Labute approximate surface area is 138 Å². The van der Waals surface area contributed by atoms with Gasteiger partial charge in [0.25, 0.3) is 0 Å². The van der Waals surface area contributed by atoms with Crippen molar-refractivity contribution in [2.75, 3.05) is 6.54 Å². The van der Waals surface area contributed by atoms with Crippen molar-refractivity contribution >= 4 is 6.09 Å². The molecule has 1 aliphatic heterocycles. The van der Waals surface area contributed by atoms with Crippen LogP contribution >= 0.6 is 0 Å². The second-order valence-corrected chi connectivity index (χ2v) is 6.43. The first-order chi connectivity index (χ1) is 11.6. The SMILES string of the molecule is O=C(OCc1ccccc1)N1CCC2C[C@]21c1cc(F)ccc1F. The van der Waals surface area contributed by atoms with Crippen LogP contribution in [-0.4, -0.2) is 17.5 Å². The Kier molecular flexibility index (Phi) is 3.52. The summed E-state index contributed by atoms with van der Waals surface area (Å²) in [4.78, 5) is 14.1. The van der Waals surface area contributed by atoms with Crippen LogP contribution in [-0.2, 0) is 16.9 Å². The lowest BCUT2D eigenvalue weighted by Gasteiger charge is -2.28. The number of fused-ring (bicyclic) bond motifs is 1. The Balaban J connectivity index is 1.55. The topological polar surface area (TPSA) is 29.5 Å². The molecular weight excluding hydrogens is 312 g/mol. The predicted molar refractivity (Wildman–Crippen MR) is 84.1 cm³/mol. The number of halogens is 2. The number of hydrogen-bond acceptors (Lipinski definition) is 2. The van der Waals surface area contributed by atoms with Crippen LogP contribution in [0.5, 0.6) is 0 Å². The number of amides is 1. The third-order valence-electron chi connectivity index (χ3n) is 5.08. The van der Waals surface area contributed by atoms with Gasteiger partial charge >= 0.3 is 6.09 Å². The molecular formula is C19H17F2NO2. The third kappa shape index (κ3) is 2.35. The number of benzene rings is 2. The molecule has 0 spiro atoms. The highest BCUT2D eigenvalue weighted by Gasteiger charge is 2.66. The van der Waals surface area contributed by atoms with E-state index in [0.29, 0.717) is 13.0 Å². The minimum Gasteiger partial charge on any atom is -0.445 e. The highest BCUT2D eigenvalue weighted by atomic mass is 19.1. The quantitative estimate of drug-likeness (QED) is 0.844. The summed E-state index contributed by atoms with van der Waals surface area (Å²) >= 11 is 0. The molecule has 0 radical (unpaired) electrons. The lowest BCUT2D eigenvalue weighted by atomic mass is 10.0. The average molecular weight is 329 g/mol. The molecule has 0 N–H and O–H groups in total. The fourth-order valence-electron chi connectivity index (χ4n) is 3.83. The molecule has 1 saturated carbocycles. The maximum absolute atomic E-state index is 14.2. The van der Waals surface area contributed by atoms with Gasteiger partial charge in [0.1, 0.15) is 18.2 Å². The standard InChI is InChI=1S/C19H17F2NO2/c20-15-6-7-17(21)16(10-15)19-11-14(19)8-9-22(19)18(23)24-12-13-4-2-1-3-5-13/h1-7,10,14H,8-9,11-12H2/t14?,19-/m1/s1. The summed E-state index contributed by atoms with van der Waals surface area (Å²) in [5.74, 6) is -0.782. The van der Waals surface area contributed by atoms with Gasteiger partial charge in [-0.2, -0.15) is 0 Å². The summed E-state index contributed by atoms with van der Waals surface area (Å²) in [5, 5.41) is 0. The molecule has 5 heteroatoms. The van der Waals surface area contributed by atoms with E-state index in [2.05, 4.69) is 0 Å². The number of carbonyl (C=O) groups is 1. The van der Waals surface area contributed by atoms with Crippen LogP contribution in [0.3, 0.4) is 0 Å². The Morgan fingerprint density at radius 1 is 1.21 bits per heavy atom. The van der Waals surface area contributed by atoms with E-state index in [1.54, 1.807) is 4.90 Å². The maximum atomic E-state index is 14.2. The number of rotatable bonds is 3. The van der Waals surface area contributed by atoms with Gasteiger partial charge in [-0.25, -0.2) is 13.6 Å². The van der Waals surface area contributed by atoms with Crippen molar-refractivity contribution in [2.45, 2.75) is 25.0 Å². The lowest BCUT2D eigenvalue weighted by molar-refractivity contribution is 0.0818. The van der Waals surface area contributed by atoms with E-state index in [9.17, 15) is 13.6 Å². The van der Waals surface area contributed by atoms with Crippen molar-refractivity contribution in [1.82, 2.24) is 4.90 Å². The molecule has 1 saturated heterocycles.